The Hall–Kier alpha value is -2.09. The number of anilines is 1. The van der Waals surface area contributed by atoms with E-state index in [2.05, 4.69) is 0 Å². The van der Waals surface area contributed by atoms with Crippen molar-refractivity contribution in [1.29, 1.82) is 0 Å². The van der Waals surface area contributed by atoms with Gasteiger partial charge in [0.2, 0.25) is 10.0 Å². The first-order valence-corrected chi connectivity index (χ1v) is 9.67. The molecule has 0 spiro atoms. The molecular formula is C16H20N2O5S. The van der Waals surface area contributed by atoms with Crippen molar-refractivity contribution in [2.75, 3.05) is 23.7 Å². The zero-order chi connectivity index (χ0) is 17.6. The molecule has 0 aromatic heterocycles. The molecule has 24 heavy (non-hydrogen) atoms. The fourth-order valence-corrected chi connectivity index (χ4v) is 4.83. The van der Waals surface area contributed by atoms with E-state index in [4.69, 9.17) is 5.11 Å². The molecule has 1 fully saturated rings. The van der Waals surface area contributed by atoms with Gasteiger partial charge in [0.25, 0.3) is 5.91 Å². The molecule has 2 aliphatic heterocycles. The molecule has 1 aromatic rings. The molecule has 2 atom stereocenters. The molecule has 130 valence electrons. The fraction of sp³-hybridized carbons (Fsp3) is 0.500. The van der Waals surface area contributed by atoms with Crippen LogP contribution in [0.4, 0.5) is 5.69 Å². The fourth-order valence-electron chi connectivity index (χ4n) is 3.57. The van der Waals surface area contributed by atoms with Crippen molar-refractivity contribution < 1.29 is 23.1 Å². The summed E-state index contributed by atoms with van der Waals surface area (Å²) >= 11 is 0. The van der Waals surface area contributed by atoms with Gasteiger partial charge < -0.3 is 10.0 Å². The second kappa shape index (κ2) is 5.77. The van der Waals surface area contributed by atoms with Crippen molar-refractivity contribution in [2.45, 2.75) is 25.8 Å². The molecule has 0 saturated carbocycles. The minimum absolute atomic E-state index is 0.177. The van der Waals surface area contributed by atoms with Crippen LogP contribution in [-0.2, 0) is 21.2 Å². The number of benzene rings is 1. The standard InChI is InChI=1S/C16H20N2O5S/c1-10-7-13-8-11(3-4-14(13)18(10)24(2,22)23)15(19)17-6-5-12(9-17)16(20)21/h3-4,8,10,12H,5-7,9H2,1-2H3,(H,20,21)/t10-,12-/m0/s1. The lowest BCUT2D eigenvalue weighted by Crippen LogP contribution is -2.34. The molecular weight excluding hydrogens is 332 g/mol. The van der Waals surface area contributed by atoms with Crippen LogP contribution in [0.1, 0.15) is 29.3 Å². The smallest absolute Gasteiger partial charge is 0.308 e. The van der Waals surface area contributed by atoms with Gasteiger partial charge in [-0.05, 0) is 43.5 Å². The van der Waals surface area contributed by atoms with E-state index in [-0.39, 0.29) is 18.5 Å². The number of fused-ring (bicyclic) bond motifs is 1. The Morgan fingerprint density at radius 3 is 2.58 bits per heavy atom. The third-order valence-corrected chi connectivity index (χ3v) is 5.93. The zero-order valence-electron chi connectivity index (χ0n) is 13.6. The molecule has 8 heteroatoms. The van der Waals surface area contributed by atoms with E-state index in [1.807, 2.05) is 6.92 Å². The number of carbonyl (C=O) groups is 2. The number of rotatable bonds is 3. The second-order valence-electron chi connectivity index (χ2n) is 6.53. The Morgan fingerprint density at radius 1 is 1.29 bits per heavy atom. The normalized spacial score (nSPS) is 23.4. The molecule has 2 heterocycles. The summed E-state index contributed by atoms with van der Waals surface area (Å²) in [7, 11) is -3.36. The first kappa shape index (κ1) is 16.8. The number of hydrogen-bond acceptors (Lipinski definition) is 4. The Bertz CT molecular complexity index is 805. The predicted molar refractivity (Wildman–Crippen MR) is 88.6 cm³/mol. The van der Waals surface area contributed by atoms with Gasteiger partial charge in [-0.1, -0.05) is 0 Å². The quantitative estimate of drug-likeness (QED) is 0.874. The number of likely N-dealkylation sites (tertiary alicyclic amines) is 1. The van der Waals surface area contributed by atoms with Crippen LogP contribution >= 0.6 is 0 Å². The second-order valence-corrected chi connectivity index (χ2v) is 8.39. The van der Waals surface area contributed by atoms with Crippen LogP contribution in [0.25, 0.3) is 0 Å². The topological polar surface area (TPSA) is 95.0 Å². The molecule has 1 saturated heterocycles. The van der Waals surface area contributed by atoms with E-state index >= 15 is 0 Å². The highest BCUT2D eigenvalue weighted by Gasteiger charge is 2.34. The van der Waals surface area contributed by atoms with Crippen LogP contribution in [0.3, 0.4) is 0 Å². The zero-order valence-corrected chi connectivity index (χ0v) is 14.4. The van der Waals surface area contributed by atoms with E-state index in [0.29, 0.717) is 30.6 Å². The molecule has 0 aliphatic carbocycles. The van der Waals surface area contributed by atoms with Gasteiger partial charge in [-0.15, -0.1) is 0 Å². The van der Waals surface area contributed by atoms with E-state index < -0.39 is 21.9 Å². The first-order valence-electron chi connectivity index (χ1n) is 7.83. The Kier molecular flexibility index (Phi) is 4.03. The van der Waals surface area contributed by atoms with Crippen molar-refractivity contribution in [1.82, 2.24) is 4.90 Å². The maximum absolute atomic E-state index is 12.6. The van der Waals surface area contributed by atoms with Crippen LogP contribution in [0.15, 0.2) is 18.2 Å². The van der Waals surface area contributed by atoms with Crippen molar-refractivity contribution in [2.24, 2.45) is 5.92 Å². The van der Waals surface area contributed by atoms with Gasteiger partial charge in [-0.2, -0.15) is 0 Å². The molecule has 2 aliphatic rings. The SMILES string of the molecule is C[C@H]1Cc2cc(C(=O)N3CC[C@H](C(=O)O)C3)ccc2N1S(C)(=O)=O. The van der Waals surface area contributed by atoms with Gasteiger partial charge in [-0.3, -0.25) is 13.9 Å². The number of carbonyl (C=O) groups excluding carboxylic acids is 1. The van der Waals surface area contributed by atoms with Crippen LogP contribution < -0.4 is 4.31 Å². The van der Waals surface area contributed by atoms with Crippen LogP contribution in [0.5, 0.6) is 0 Å². The highest BCUT2D eigenvalue weighted by Crippen LogP contribution is 2.35. The summed E-state index contributed by atoms with van der Waals surface area (Å²) in [5.74, 6) is -1.59. The van der Waals surface area contributed by atoms with Gasteiger partial charge in [0.15, 0.2) is 0 Å². The van der Waals surface area contributed by atoms with Crippen molar-refractivity contribution >= 4 is 27.6 Å². The highest BCUT2D eigenvalue weighted by molar-refractivity contribution is 7.92. The lowest BCUT2D eigenvalue weighted by atomic mass is 10.1. The Morgan fingerprint density at radius 2 is 2.00 bits per heavy atom. The first-order chi connectivity index (χ1) is 11.2. The minimum atomic E-state index is -3.36. The number of carboxylic acid groups (broad SMARTS) is 1. The van der Waals surface area contributed by atoms with Gasteiger partial charge in [0.05, 0.1) is 17.9 Å². The number of sulfonamides is 1. The van der Waals surface area contributed by atoms with E-state index in [1.54, 1.807) is 23.1 Å². The van der Waals surface area contributed by atoms with Crippen LogP contribution in [0.2, 0.25) is 0 Å². The van der Waals surface area contributed by atoms with Gasteiger partial charge in [-0.25, -0.2) is 8.42 Å². The van der Waals surface area contributed by atoms with Crippen LogP contribution in [0, 0.1) is 5.92 Å². The average molecular weight is 352 g/mol. The van der Waals surface area contributed by atoms with Crippen molar-refractivity contribution in [3.8, 4) is 0 Å². The predicted octanol–water partition coefficient (Wildman–Crippen LogP) is 0.944. The van der Waals surface area contributed by atoms with Gasteiger partial charge in [0.1, 0.15) is 0 Å². The summed E-state index contributed by atoms with van der Waals surface area (Å²) in [6.45, 7) is 2.48. The number of amides is 1. The minimum Gasteiger partial charge on any atom is -0.481 e. The molecule has 0 bridgehead atoms. The summed E-state index contributed by atoms with van der Waals surface area (Å²) < 4.78 is 25.2. The summed E-state index contributed by atoms with van der Waals surface area (Å²) in [5, 5.41) is 9.04. The monoisotopic (exact) mass is 352 g/mol. The number of hydrogen-bond donors (Lipinski definition) is 1. The van der Waals surface area contributed by atoms with Crippen LogP contribution in [-0.4, -0.2) is 55.7 Å². The van der Waals surface area contributed by atoms with E-state index in [9.17, 15) is 18.0 Å². The molecule has 0 radical (unpaired) electrons. The summed E-state index contributed by atoms with van der Waals surface area (Å²) in [5.41, 5.74) is 1.92. The summed E-state index contributed by atoms with van der Waals surface area (Å²) in [4.78, 5) is 25.2. The largest absolute Gasteiger partial charge is 0.481 e. The molecule has 1 aromatic carbocycles. The maximum atomic E-state index is 12.6. The summed E-state index contributed by atoms with van der Waals surface area (Å²) in [6.07, 6.45) is 2.19. The maximum Gasteiger partial charge on any atom is 0.308 e. The average Bonchev–Trinajstić information content (AvgIpc) is 3.08. The highest BCUT2D eigenvalue weighted by atomic mass is 32.2. The number of carboxylic acids is 1. The molecule has 1 amide bonds. The Labute approximate surface area is 140 Å². The molecule has 1 N–H and O–H groups in total. The molecule has 7 nitrogen and oxygen atoms in total. The van der Waals surface area contributed by atoms with Gasteiger partial charge in [0, 0.05) is 24.7 Å². The molecule has 0 unspecified atom stereocenters. The number of nitrogens with zero attached hydrogens (tertiary/aromatic N) is 2. The Balaban J connectivity index is 1.84. The lowest BCUT2D eigenvalue weighted by molar-refractivity contribution is -0.141. The van der Waals surface area contributed by atoms with Crippen molar-refractivity contribution in [3.05, 3.63) is 29.3 Å². The van der Waals surface area contributed by atoms with Crippen molar-refractivity contribution in [3.63, 3.8) is 0 Å². The van der Waals surface area contributed by atoms with Gasteiger partial charge >= 0.3 is 5.97 Å². The summed E-state index contributed by atoms with van der Waals surface area (Å²) in [6, 6.07) is 4.83. The van der Waals surface area contributed by atoms with E-state index in [0.717, 1.165) is 5.56 Å². The third kappa shape index (κ3) is 2.86. The third-order valence-electron chi connectivity index (χ3n) is 4.66. The molecule has 3 rings (SSSR count). The van der Waals surface area contributed by atoms with E-state index in [1.165, 1.54) is 10.6 Å². The number of aliphatic carboxylic acids is 1. The lowest BCUT2D eigenvalue weighted by Gasteiger charge is -2.22.